The second-order valence-electron chi connectivity index (χ2n) is 2.77. The van der Waals surface area contributed by atoms with Crippen molar-refractivity contribution in [3.8, 4) is 0 Å². The van der Waals surface area contributed by atoms with Gasteiger partial charge in [-0.1, -0.05) is 6.07 Å². The quantitative estimate of drug-likeness (QED) is 0.570. The van der Waals surface area contributed by atoms with Gasteiger partial charge in [0.15, 0.2) is 0 Å². The molecule has 1 saturated carbocycles. The van der Waals surface area contributed by atoms with Crippen molar-refractivity contribution in [2.45, 2.75) is 19.8 Å². The van der Waals surface area contributed by atoms with Crippen molar-refractivity contribution in [3.63, 3.8) is 0 Å². The molecule has 0 atom stereocenters. The maximum absolute atomic E-state index is 4.40. The Morgan fingerprint density at radius 1 is 1.30 bits per heavy atom. The van der Waals surface area contributed by atoms with Crippen LogP contribution in [0.5, 0.6) is 0 Å². The third kappa shape index (κ3) is 1.04. The van der Waals surface area contributed by atoms with E-state index in [1.54, 1.807) is 0 Å². The Kier molecular flexibility index (Phi) is 1.23. The lowest BCUT2D eigenvalue weighted by molar-refractivity contribution is 1.12. The van der Waals surface area contributed by atoms with Gasteiger partial charge in [0.25, 0.3) is 0 Å². The lowest BCUT2D eigenvalue weighted by Gasteiger charge is -1.95. The van der Waals surface area contributed by atoms with E-state index in [9.17, 15) is 0 Å². The molecule has 1 fully saturated rings. The zero-order valence-electron chi connectivity index (χ0n) is 6.09. The number of rotatable bonds is 1. The second kappa shape index (κ2) is 2.08. The van der Waals surface area contributed by atoms with Crippen LogP contribution < -0.4 is 0 Å². The fourth-order valence-electron chi connectivity index (χ4n) is 1.06. The number of hydrogen-bond donors (Lipinski definition) is 0. The molecule has 0 N–H and O–H groups in total. The molecule has 1 heteroatoms. The molecule has 0 saturated heterocycles. The molecule has 0 amide bonds. The predicted octanol–water partition coefficient (Wildman–Crippen LogP) is 2.11. The predicted molar refractivity (Wildman–Crippen MR) is 40.6 cm³/mol. The first-order valence-corrected chi connectivity index (χ1v) is 3.65. The van der Waals surface area contributed by atoms with E-state index >= 15 is 0 Å². The summed E-state index contributed by atoms with van der Waals surface area (Å²) in [6.45, 7) is 2.03. The molecule has 0 unspecified atom stereocenters. The first kappa shape index (κ1) is 5.90. The molecule has 1 radical (unpaired) electrons. The average Bonchev–Trinajstić information content (AvgIpc) is 2.68. The molecule has 0 spiro atoms. The van der Waals surface area contributed by atoms with Crippen LogP contribution in [0.15, 0.2) is 18.2 Å². The van der Waals surface area contributed by atoms with Gasteiger partial charge >= 0.3 is 0 Å². The number of hydrogen-bond acceptors (Lipinski definition) is 1. The molecule has 0 bridgehead atoms. The fourth-order valence-corrected chi connectivity index (χ4v) is 1.06. The van der Waals surface area contributed by atoms with Gasteiger partial charge in [-0.25, -0.2) is 0 Å². The van der Waals surface area contributed by atoms with E-state index in [2.05, 4.69) is 17.1 Å². The van der Waals surface area contributed by atoms with E-state index in [0.29, 0.717) is 0 Å². The number of pyridine rings is 1. The summed E-state index contributed by atoms with van der Waals surface area (Å²) in [6, 6.07) is 6.20. The zero-order valence-corrected chi connectivity index (χ0v) is 6.09. The van der Waals surface area contributed by atoms with Gasteiger partial charge in [0.05, 0.1) is 0 Å². The van der Waals surface area contributed by atoms with Crippen LogP contribution >= 0.6 is 0 Å². The molecule has 0 aromatic carbocycles. The number of aromatic nitrogens is 1. The van der Waals surface area contributed by atoms with E-state index in [0.717, 1.165) is 5.69 Å². The molecular formula is C9H10N. The van der Waals surface area contributed by atoms with Gasteiger partial charge in [0.2, 0.25) is 0 Å². The third-order valence-corrected chi connectivity index (χ3v) is 1.75. The third-order valence-electron chi connectivity index (χ3n) is 1.75. The second-order valence-corrected chi connectivity index (χ2v) is 2.77. The minimum atomic E-state index is 1.12. The zero-order chi connectivity index (χ0) is 6.97. The van der Waals surface area contributed by atoms with Crippen LogP contribution in [0, 0.1) is 12.8 Å². The summed E-state index contributed by atoms with van der Waals surface area (Å²) >= 11 is 0. The highest BCUT2D eigenvalue weighted by Gasteiger charge is 2.25. The smallest absolute Gasteiger partial charge is 0.0478 e. The van der Waals surface area contributed by atoms with Gasteiger partial charge < -0.3 is 0 Å². The van der Waals surface area contributed by atoms with Crippen LogP contribution in [0.3, 0.4) is 0 Å². The van der Waals surface area contributed by atoms with Gasteiger partial charge in [-0.15, -0.1) is 0 Å². The molecule has 10 heavy (non-hydrogen) atoms. The summed E-state index contributed by atoms with van der Waals surface area (Å²) in [5, 5.41) is 0. The van der Waals surface area contributed by atoms with Crippen molar-refractivity contribution in [2.24, 2.45) is 0 Å². The van der Waals surface area contributed by atoms with E-state index in [1.807, 2.05) is 13.0 Å². The van der Waals surface area contributed by atoms with Crippen LogP contribution in [0.4, 0.5) is 0 Å². The summed E-state index contributed by atoms with van der Waals surface area (Å²) in [4.78, 5) is 4.40. The van der Waals surface area contributed by atoms with Crippen LogP contribution in [0.2, 0.25) is 0 Å². The van der Waals surface area contributed by atoms with E-state index in [-0.39, 0.29) is 0 Å². The Balaban J connectivity index is 2.32. The van der Waals surface area contributed by atoms with Crippen LogP contribution in [-0.2, 0) is 0 Å². The SMILES string of the molecule is Cc1cccc([C]2CC2)n1. The highest BCUT2D eigenvalue weighted by Crippen LogP contribution is 2.37. The molecule has 1 aliphatic rings. The van der Waals surface area contributed by atoms with Gasteiger partial charge in [0, 0.05) is 17.3 Å². The molecule has 2 rings (SSSR count). The van der Waals surface area contributed by atoms with Crippen LogP contribution in [0.1, 0.15) is 24.2 Å². The van der Waals surface area contributed by atoms with Crippen molar-refractivity contribution in [1.82, 2.24) is 4.98 Å². The Morgan fingerprint density at radius 3 is 2.70 bits per heavy atom. The minimum Gasteiger partial charge on any atom is -0.258 e. The Morgan fingerprint density at radius 2 is 2.10 bits per heavy atom. The van der Waals surface area contributed by atoms with Gasteiger partial charge in [-0.2, -0.15) is 0 Å². The first-order chi connectivity index (χ1) is 4.86. The Labute approximate surface area is 61.1 Å². The van der Waals surface area contributed by atoms with E-state index < -0.39 is 0 Å². The number of aryl methyl sites for hydroxylation is 1. The summed E-state index contributed by atoms with van der Waals surface area (Å²) in [5.74, 6) is 1.52. The van der Waals surface area contributed by atoms with Crippen LogP contribution in [0.25, 0.3) is 0 Å². The Bertz CT molecular complexity index is 238. The summed E-state index contributed by atoms with van der Waals surface area (Å²) in [7, 11) is 0. The van der Waals surface area contributed by atoms with Crippen molar-refractivity contribution < 1.29 is 0 Å². The number of nitrogens with zero attached hydrogens (tertiary/aromatic N) is 1. The van der Waals surface area contributed by atoms with E-state index in [1.165, 1.54) is 24.5 Å². The van der Waals surface area contributed by atoms with Crippen molar-refractivity contribution in [2.75, 3.05) is 0 Å². The molecule has 1 aliphatic carbocycles. The van der Waals surface area contributed by atoms with Gasteiger partial charge in [-0.3, -0.25) is 4.98 Å². The largest absolute Gasteiger partial charge is 0.258 e. The lowest BCUT2D eigenvalue weighted by Crippen LogP contribution is -1.87. The highest BCUT2D eigenvalue weighted by atomic mass is 14.7. The minimum absolute atomic E-state index is 1.12. The monoisotopic (exact) mass is 132 g/mol. The van der Waals surface area contributed by atoms with Gasteiger partial charge in [0.1, 0.15) is 0 Å². The molecule has 1 aromatic heterocycles. The normalized spacial score (nSPS) is 17.3. The molecule has 0 aliphatic heterocycles. The van der Waals surface area contributed by atoms with E-state index in [4.69, 9.17) is 0 Å². The lowest BCUT2D eigenvalue weighted by atomic mass is 10.2. The first-order valence-electron chi connectivity index (χ1n) is 3.65. The average molecular weight is 132 g/mol. The van der Waals surface area contributed by atoms with Gasteiger partial charge in [-0.05, 0) is 31.9 Å². The summed E-state index contributed by atoms with van der Waals surface area (Å²) < 4.78 is 0. The molecule has 51 valence electrons. The maximum Gasteiger partial charge on any atom is 0.0478 e. The standard InChI is InChI=1S/C9H10N/c1-7-3-2-4-9(10-7)8-5-6-8/h2-4H,5-6H2,1H3. The fraction of sp³-hybridized carbons (Fsp3) is 0.333. The maximum atomic E-state index is 4.40. The van der Waals surface area contributed by atoms with Crippen molar-refractivity contribution in [3.05, 3.63) is 35.5 Å². The highest BCUT2D eigenvalue weighted by molar-refractivity contribution is 5.31. The molecule has 1 nitrogen and oxygen atoms in total. The summed E-state index contributed by atoms with van der Waals surface area (Å²) in [5.41, 5.74) is 2.33. The Hall–Kier alpha value is -0.850. The topological polar surface area (TPSA) is 12.9 Å². The summed E-state index contributed by atoms with van der Waals surface area (Å²) in [6.07, 6.45) is 2.52. The molecular weight excluding hydrogens is 122 g/mol. The van der Waals surface area contributed by atoms with Crippen molar-refractivity contribution >= 4 is 0 Å². The van der Waals surface area contributed by atoms with Crippen molar-refractivity contribution in [1.29, 1.82) is 0 Å². The molecule has 1 heterocycles. The van der Waals surface area contributed by atoms with Crippen LogP contribution in [-0.4, -0.2) is 4.98 Å². The molecule has 1 aromatic rings.